The number of carbonyl (C=O) groups excluding carboxylic acids is 1. The molecule has 1 aromatic heterocycles. The summed E-state index contributed by atoms with van der Waals surface area (Å²) in [7, 11) is -3.70. The molecule has 3 aromatic rings. The Morgan fingerprint density at radius 2 is 2.00 bits per heavy atom. The molecule has 4 rings (SSSR count). The number of carbonyl (C=O) groups is 1. The largest absolute Gasteiger partial charge is 0.347 e. The van der Waals surface area contributed by atoms with Gasteiger partial charge in [-0.05, 0) is 58.7 Å². The van der Waals surface area contributed by atoms with Gasteiger partial charge >= 0.3 is 7.60 Å². The van der Waals surface area contributed by atoms with Gasteiger partial charge in [-0.25, -0.2) is 0 Å². The van der Waals surface area contributed by atoms with Gasteiger partial charge in [-0.2, -0.15) is 0 Å². The number of thiophene rings is 1. The molecule has 0 spiro atoms. The molecule has 1 saturated heterocycles. The number of hydrogen-bond acceptors (Lipinski definition) is 5. The molecule has 156 valence electrons. The molecule has 2 aromatic carbocycles. The second-order valence-corrected chi connectivity index (χ2v) is 11.0. The summed E-state index contributed by atoms with van der Waals surface area (Å²) >= 11 is 11.1. The Kier molecular flexibility index (Phi) is 6.78. The molecule has 0 saturated carbocycles. The van der Waals surface area contributed by atoms with Gasteiger partial charge in [-0.3, -0.25) is 9.36 Å². The maximum Gasteiger partial charge on any atom is 0.347 e. The van der Waals surface area contributed by atoms with Gasteiger partial charge in [0.15, 0.2) is 5.66 Å². The van der Waals surface area contributed by atoms with Crippen LogP contribution in [-0.2, 0) is 18.4 Å². The minimum atomic E-state index is -3.70. The average Bonchev–Trinajstić information content (AvgIpc) is 3.12. The van der Waals surface area contributed by atoms with Crippen LogP contribution in [0, 0.1) is 0 Å². The fourth-order valence-corrected chi connectivity index (χ4v) is 6.93. The topological polar surface area (TPSA) is 64.6 Å². The van der Waals surface area contributed by atoms with Crippen molar-refractivity contribution in [3.8, 4) is 0 Å². The van der Waals surface area contributed by atoms with Crippen LogP contribution >= 0.6 is 46.5 Å². The van der Waals surface area contributed by atoms with E-state index in [2.05, 4.69) is 21.2 Å². The third kappa shape index (κ3) is 4.57. The normalized spacial score (nSPS) is 17.3. The number of fused-ring (bicyclic) bond motifs is 1. The summed E-state index contributed by atoms with van der Waals surface area (Å²) in [4.78, 5) is 13.2. The van der Waals surface area contributed by atoms with Crippen molar-refractivity contribution in [1.29, 1.82) is 0 Å². The molecular formula is C21H18BrClNO4PS. The molecule has 1 aliphatic rings. The van der Waals surface area contributed by atoms with Gasteiger partial charge in [-0.15, -0.1) is 11.3 Å². The van der Waals surface area contributed by atoms with Crippen LogP contribution in [0.25, 0.3) is 16.2 Å². The van der Waals surface area contributed by atoms with Crippen LogP contribution in [0.15, 0.2) is 58.5 Å². The zero-order valence-electron chi connectivity index (χ0n) is 15.7. The monoisotopic (exact) mass is 525 g/mol. The number of halogens is 2. The highest BCUT2D eigenvalue weighted by Crippen LogP contribution is 2.63. The lowest BCUT2D eigenvalue weighted by molar-refractivity contribution is -0.120. The van der Waals surface area contributed by atoms with Crippen LogP contribution in [0.2, 0.25) is 5.02 Å². The second kappa shape index (κ2) is 9.35. The van der Waals surface area contributed by atoms with Crippen LogP contribution in [0.3, 0.4) is 0 Å². The number of nitrogens with one attached hydrogen (secondary N) is 1. The van der Waals surface area contributed by atoms with E-state index < -0.39 is 19.2 Å². The average molecular weight is 527 g/mol. The van der Waals surface area contributed by atoms with E-state index in [1.165, 1.54) is 17.5 Å². The summed E-state index contributed by atoms with van der Waals surface area (Å²) in [5, 5.41) is 5.88. The highest BCUT2D eigenvalue weighted by molar-refractivity contribution is 9.10. The SMILES string of the molecule is O=C(N/C=C/c1ccccc1Br)C(c1csc2ccc(Cl)cc12)P1(=O)OCCCO1. The molecule has 1 amide bonds. The maximum atomic E-state index is 13.5. The first-order valence-electron chi connectivity index (χ1n) is 9.25. The molecule has 0 bridgehead atoms. The van der Waals surface area contributed by atoms with Crippen molar-refractivity contribution >= 4 is 68.5 Å². The van der Waals surface area contributed by atoms with Gasteiger partial charge in [0.1, 0.15) is 0 Å². The van der Waals surface area contributed by atoms with Gasteiger partial charge < -0.3 is 14.4 Å². The molecule has 0 aliphatic carbocycles. The molecule has 5 nitrogen and oxygen atoms in total. The summed E-state index contributed by atoms with van der Waals surface area (Å²) in [6.45, 7) is 0.577. The molecule has 1 atom stereocenters. The van der Waals surface area contributed by atoms with Crippen LogP contribution in [0.4, 0.5) is 0 Å². The summed E-state index contributed by atoms with van der Waals surface area (Å²) in [5.74, 6) is -0.455. The standard InChI is InChI=1S/C21H18BrClNO4PS/c22-18-5-2-1-4-14(18)8-9-24-21(25)20(29(26)27-10-3-11-28-29)17-13-30-19-7-6-15(23)12-16(17)19/h1-2,4-9,12-13,20H,3,10-11H2,(H,24,25)/b9-8+. The third-order valence-corrected chi connectivity index (χ3v) is 8.82. The van der Waals surface area contributed by atoms with Gasteiger partial charge in [0, 0.05) is 20.4 Å². The minimum absolute atomic E-state index is 0.288. The number of benzene rings is 2. The predicted molar refractivity (Wildman–Crippen MR) is 125 cm³/mol. The van der Waals surface area contributed by atoms with Crippen LogP contribution in [0.1, 0.15) is 23.2 Å². The molecule has 1 unspecified atom stereocenters. The third-order valence-electron chi connectivity index (χ3n) is 4.65. The highest BCUT2D eigenvalue weighted by atomic mass is 79.9. The molecule has 1 aliphatic heterocycles. The van der Waals surface area contributed by atoms with Gasteiger partial charge in [0.05, 0.1) is 13.2 Å². The quantitative estimate of drug-likeness (QED) is 0.372. The minimum Gasteiger partial charge on any atom is -0.332 e. The van der Waals surface area contributed by atoms with E-state index in [1.807, 2.05) is 35.7 Å². The molecular weight excluding hydrogens is 509 g/mol. The Bertz CT molecular complexity index is 1150. The fraction of sp³-hybridized carbons (Fsp3) is 0.190. The van der Waals surface area contributed by atoms with E-state index in [-0.39, 0.29) is 13.2 Å². The Labute approximate surface area is 191 Å². The van der Waals surface area contributed by atoms with Crippen molar-refractivity contribution in [1.82, 2.24) is 5.32 Å². The number of rotatable bonds is 5. The zero-order chi connectivity index (χ0) is 21.1. The van der Waals surface area contributed by atoms with Crippen LogP contribution < -0.4 is 5.32 Å². The zero-order valence-corrected chi connectivity index (χ0v) is 19.8. The van der Waals surface area contributed by atoms with Crippen molar-refractivity contribution in [3.05, 3.63) is 74.7 Å². The summed E-state index contributed by atoms with van der Waals surface area (Å²) in [6, 6.07) is 13.1. The first-order valence-corrected chi connectivity index (χ1v) is 12.9. The molecule has 1 fully saturated rings. The number of hydrogen-bond donors (Lipinski definition) is 1. The summed E-state index contributed by atoms with van der Waals surface area (Å²) < 4.78 is 26.5. The maximum absolute atomic E-state index is 13.5. The van der Waals surface area contributed by atoms with Gasteiger partial charge in [0.2, 0.25) is 5.91 Å². The molecule has 30 heavy (non-hydrogen) atoms. The van der Waals surface area contributed by atoms with E-state index in [0.717, 1.165) is 20.1 Å². The van der Waals surface area contributed by atoms with Crippen molar-refractivity contribution < 1.29 is 18.4 Å². The van der Waals surface area contributed by atoms with Crippen molar-refractivity contribution in [2.24, 2.45) is 0 Å². The lowest BCUT2D eigenvalue weighted by atomic mass is 10.1. The number of amides is 1. The van der Waals surface area contributed by atoms with Crippen molar-refractivity contribution in [2.45, 2.75) is 12.1 Å². The van der Waals surface area contributed by atoms with Crippen LogP contribution in [0.5, 0.6) is 0 Å². The van der Waals surface area contributed by atoms with E-state index in [9.17, 15) is 9.36 Å². The first kappa shape index (κ1) is 21.8. The summed E-state index contributed by atoms with van der Waals surface area (Å²) in [5.41, 5.74) is 0.405. The Hall–Kier alpha value is -1.47. The van der Waals surface area contributed by atoms with E-state index in [0.29, 0.717) is 17.0 Å². The smallest absolute Gasteiger partial charge is 0.332 e. The second-order valence-electron chi connectivity index (χ2n) is 6.66. The lowest BCUT2D eigenvalue weighted by Crippen LogP contribution is -2.28. The Morgan fingerprint density at radius 1 is 1.23 bits per heavy atom. The van der Waals surface area contributed by atoms with E-state index in [1.54, 1.807) is 18.2 Å². The van der Waals surface area contributed by atoms with E-state index in [4.69, 9.17) is 20.6 Å². The Balaban J connectivity index is 1.68. The molecule has 9 heteroatoms. The van der Waals surface area contributed by atoms with E-state index >= 15 is 0 Å². The Morgan fingerprint density at radius 3 is 2.77 bits per heavy atom. The summed E-state index contributed by atoms with van der Waals surface area (Å²) in [6.07, 6.45) is 3.93. The van der Waals surface area contributed by atoms with Crippen molar-refractivity contribution in [3.63, 3.8) is 0 Å². The highest BCUT2D eigenvalue weighted by Gasteiger charge is 2.45. The fourth-order valence-electron chi connectivity index (χ4n) is 3.22. The molecule has 0 radical (unpaired) electrons. The van der Waals surface area contributed by atoms with Crippen molar-refractivity contribution in [2.75, 3.05) is 13.2 Å². The predicted octanol–water partition coefficient (Wildman–Crippen LogP) is 6.78. The van der Waals surface area contributed by atoms with Gasteiger partial charge in [0.25, 0.3) is 0 Å². The van der Waals surface area contributed by atoms with Gasteiger partial charge in [-0.1, -0.05) is 45.7 Å². The lowest BCUT2D eigenvalue weighted by Gasteiger charge is -2.29. The molecule has 2 heterocycles. The molecule has 1 N–H and O–H groups in total. The van der Waals surface area contributed by atoms with Crippen LogP contribution in [-0.4, -0.2) is 19.1 Å². The first-order chi connectivity index (χ1) is 14.5.